The molecule has 0 fully saturated rings. The summed E-state index contributed by atoms with van der Waals surface area (Å²) in [6.07, 6.45) is 4.96. The Hall–Kier alpha value is -0.590. The van der Waals surface area contributed by atoms with Gasteiger partial charge in [0.1, 0.15) is 9.30 Å². The Bertz CT molecular complexity index is 355. The quantitative estimate of drug-likeness (QED) is 0.627. The van der Waals surface area contributed by atoms with Gasteiger partial charge in [-0.25, -0.2) is 4.98 Å². The first-order valence-corrected chi connectivity index (χ1v) is 6.34. The van der Waals surface area contributed by atoms with Crippen molar-refractivity contribution < 1.29 is 9.53 Å². The minimum absolute atomic E-state index is 0.137. The molecule has 0 N–H and O–H groups in total. The minimum atomic E-state index is -0.387. The minimum Gasteiger partial charge on any atom is -0.460 e. The Morgan fingerprint density at radius 3 is 2.75 bits per heavy atom. The molecule has 1 aromatic heterocycles. The Balaban J connectivity index is 2.23. The molecule has 0 radical (unpaired) electrons. The molecule has 0 aliphatic rings. The van der Waals surface area contributed by atoms with E-state index in [-0.39, 0.29) is 11.6 Å². The van der Waals surface area contributed by atoms with Crippen molar-refractivity contribution in [2.45, 2.75) is 45.8 Å². The Labute approximate surface area is 110 Å². The van der Waals surface area contributed by atoms with E-state index < -0.39 is 0 Å². The van der Waals surface area contributed by atoms with Gasteiger partial charge in [-0.15, -0.1) is 0 Å². The fraction of sp³-hybridized carbons (Fsp3) is 0.636. The molecule has 0 spiro atoms. The lowest BCUT2D eigenvalue weighted by Crippen LogP contribution is -2.23. The highest BCUT2D eigenvalue weighted by Gasteiger charge is 2.15. The van der Waals surface area contributed by atoms with Gasteiger partial charge in [-0.3, -0.25) is 4.79 Å². The summed E-state index contributed by atoms with van der Waals surface area (Å²) in [5, 5.41) is 0. The maximum atomic E-state index is 11.4. The monoisotopic (exact) mass is 336 g/mol. The molecule has 0 aromatic carbocycles. The van der Waals surface area contributed by atoms with Crippen LogP contribution in [0.2, 0.25) is 0 Å². The fourth-order valence-corrected chi connectivity index (χ4v) is 1.74. The molecule has 16 heavy (non-hydrogen) atoms. The normalized spacial score (nSPS) is 11.5. The maximum absolute atomic E-state index is 11.4. The molecule has 90 valence electrons. The summed E-state index contributed by atoms with van der Waals surface area (Å²) in [6, 6.07) is 0. The summed E-state index contributed by atoms with van der Waals surface area (Å²) < 4.78 is 8.16. The van der Waals surface area contributed by atoms with Crippen LogP contribution in [0.3, 0.4) is 0 Å². The van der Waals surface area contributed by atoms with Crippen LogP contribution in [0.15, 0.2) is 12.5 Å². The van der Waals surface area contributed by atoms with E-state index in [0.717, 1.165) is 16.7 Å². The smallest absolute Gasteiger partial charge is 0.306 e. The van der Waals surface area contributed by atoms with Gasteiger partial charge in [0, 0.05) is 19.2 Å². The number of rotatable bonds is 4. The van der Waals surface area contributed by atoms with Gasteiger partial charge >= 0.3 is 5.97 Å². The molecule has 0 saturated carbocycles. The average Bonchev–Trinajstić information content (AvgIpc) is 2.48. The van der Waals surface area contributed by atoms with Crippen molar-refractivity contribution in [2.75, 3.05) is 0 Å². The number of ether oxygens (including phenoxy) is 1. The zero-order chi connectivity index (χ0) is 12.2. The lowest BCUT2D eigenvalue weighted by molar-refractivity contribution is -0.154. The van der Waals surface area contributed by atoms with Crippen molar-refractivity contribution in [3.8, 4) is 0 Å². The molecule has 5 heteroatoms. The molecule has 1 aromatic rings. The molecule has 0 unspecified atom stereocenters. The van der Waals surface area contributed by atoms with Crippen molar-refractivity contribution >= 4 is 28.6 Å². The van der Waals surface area contributed by atoms with Gasteiger partial charge in [0.15, 0.2) is 0 Å². The number of hydrogen-bond acceptors (Lipinski definition) is 3. The molecule has 1 rings (SSSR count). The number of aryl methyl sites for hydroxylation is 1. The molecule has 4 nitrogen and oxygen atoms in total. The van der Waals surface area contributed by atoms with E-state index in [1.54, 1.807) is 6.33 Å². The number of imidazole rings is 1. The Morgan fingerprint density at radius 2 is 2.25 bits per heavy atom. The van der Waals surface area contributed by atoms with Gasteiger partial charge in [-0.2, -0.15) is 0 Å². The average molecular weight is 336 g/mol. The second-order valence-electron chi connectivity index (χ2n) is 4.62. The summed E-state index contributed by atoms with van der Waals surface area (Å²) in [7, 11) is 0. The van der Waals surface area contributed by atoms with Crippen LogP contribution in [0.5, 0.6) is 0 Å². The van der Waals surface area contributed by atoms with Gasteiger partial charge in [0.25, 0.3) is 0 Å². The second kappa shape index (κ2) is 5.65. The van der Waals surface area contributed by atoms with E-state index in [1.807, 2.05) is 31.5 Å². The van der Waals surface area contributed by atoms with Gasteiger partial charge in [0.2, 0.25) is 0 Å². The summed E-state index contributed by atoms with van der Waals surface area (Å²) in [6.45, 7) is 6.44. The van der Waals surface area contributed by atoms with E-state index in [9.17, 15) is 4.79 Å². The molecule has 0 aliphatic carbocycles. The third-order valence-corrected chi connectivity index (χ3v) is 2.38. The van der Waals surface area contributed by atoms with E-state index >= 15 is 0 Å². The Kier molecular flexibility index (Phi) is 4.76. The largest absolute Gasteiger partial charge is 0.460 e. The standard InChI is InChI=1S/C11H17IN2O2/c1-11(2,3)16-10(15)5-4-6-14-7-9(12)13-8-14/h7-8H,4-6H2,1-3H3. The number of halogens is 1. The van der Waals surface area contributed by atoms with Gasteiger partial charge in [0.05, 0.1) is 6.33 Å². The first kappa shape index (κ1) is 13.5. The molecule has 1 heterocycles. The highest BCUT2D eigenvalue weighted by atomic mass is 127. The van der Waals surface area contributed by atoms with Crippen LogP contribution in [-0.2, 0) is 16.1 Å². The summed E-state index contributed by atoms with van der Waals surface area (Å²) in [5.41, 5.74) is -0.387. The van der Waals surface area contributed by atoms with Gasteiger partial charge in [-0.1, -0.05) is 0 Å². The number of carbonyl (C=O) groups excluding carboxylic acids is 1. The van der Waals surface area contributed by atoms with E-state index in [0.29, 0.717) is 6.42 Å². The van der Waals surface area contributed by atoms with Gasteiger partial charge < -0.3 is 9.30 Å². The lowest BCUT2D eigenvalue weighted by atomic mass is 10.2. The third-order valence-electron chi connectivity index (χ3n) is 1.82. The number of hydrogen-bond donors (Lipinski definition) is 0. The third kappa shape index (κ3) is 5.48. The van der Waals surface area contributed by atoms with Crippen LogP contribution < -0.4 is 0 Å². The van der Waals surface area contributed by atoms with Crippen molar-refractivity contribution in [2.24, 2.45) is 0 Å². The van der Waals surface area contributed by atoms with Crippen LogP contribution in [0, 0.1) is 3.70 Å². The summed E-state index contributed by atoms with van der Waals surface area (Å²) in [4.78, 5) is 15.5. The number of aromatic nitrogens is 2. The molecule has 0 bridgehead atoms. The fourth-order valence-electron chi connectivity index (χ4n) is 1.25. The van der Waals surface area contributed by atoms with Crippen LogP contribution in [0.25, 0.3) is 0 Å². The number of nitrogens with zero attached hydrogens (tertiary/aromatic N) is 2. The predicted molar refractivity (Wildman–Crippen MR) is 70.0 cm³/mol. The first-order chi connectivity index (χ1) is 7.37. The molecule has 0 amide bonds. The maximum Gasteiger partial charge on any atom is 0.306 e. The predicted octanol–water partition coefficient (Wildman–Crippen LogP) is 2.61. The van der Waals surface area contributed by atoms with Crippen molar-refractivity contribution in [1.29, 1.82) is 0 Å². The van der Waals surface area contributed by atoms with Crippen molar-refractivity contribution in [3.05, 3.63) is 16.2 Å². The topological polar surface area (TPSA) is 44.1 Å². The van der Waals surface area contributed by atoms with Crippen molar-refractivity contribution in [1.82, 2.24) is 9.55 Å². The molecular formula is C11H17IN2O2. The van der Waals surface area contributed by atoms with Crippen LogP contribution in [0.4, 0.5) is 0 Å². The second-order valence-corrected chi connectivity index (χ2v) is 5.73. The number of esters is 1. The molecule has 0 atom stereocenters. The molecule has 0 aliphatic heterocycles. The molecular weight excluding hydrogens is 319 g/mol. The van der Waals surface area contributed by atoms with Crippen molar-refractivity contribution in [3.63, 3.8) is 0 Å². The van der Waals surface area contributed by atoms with E-state index in [2.05, 4.69) is 27.6 Å². The van der Waals surface area contributed by atoms with Gasteiger partial charge in [-0.05, 0) is 49.8 Å². The number of carbonyl (C=O) groups is 1. The highest BCUT2D eigenvalue weighted by molar-refractivity contribution is 14.1. The zero-order valence-electron chi connectivity index (χ0n) is 9.86. The van der Waals surface area contributed by atoms with E-state index in [4.69, 9.17) is 4.74 Å². The summed E-state index contributed by atoms with van der Waals surface area (Å²) >= 11 is 2.16. The van der Waals surface area contributed by atoms with E-state index in [1.165, 1.54) is 0 Å². The molecule has 0 saturated heterocycles. The Morgan fingerprint density at radius 1 is 1.56 bits per heavy atom. The first-order valence-electron chi connectivity index (χ1n) is 5.26. The lowest BCUT2D eigenvalue weighted by Gasteiger charge is -2.19. The van der Waals surface area contributed by atoms with Crippen LogP contribution >= 0.6 is 22.6 Å². The highest BCUT2D eigenvalue weighted by Crippen LogP contribution is 2.09. The SMILES string of the molecule is CC(C)(C)OC(=O)CCCn1cnc(I)c1. The van der Waals surface area contributed by atoms with Crippen LogP contribution in [0.1, 0.15) is 33.6 Å². The summed E-state index contributed by atoms with van der Waals surface area (Å²) in [5.74, 6) is -0.137. The van der Waals surface area contributed by atoms with Crippen LogP contribution in [-0.4, -0.2) is 21.1 Å². The zero-order valence-corrected chi connectivity index (χ0v) is 12.0.